The number of rotatable bonds is 2. The molecule has 0 amide bonds. The van der Waals surface area contributed by atoms with E-state index < -0.39 is 6.29 Å². The van der Waals surface area contributed by atoms with E-state index in [9.17, 15) is 0 Å². The van der Waals surface area contributed by atoms with Gasteiger partial charge in [0.05, 0.1) is 0 Å². The molecule has 42 valence electrons. The van der Waals surface area contributed by atoms with Gasteiger partial charge in [0.15, 0.2) is 0 Å². The zero-order valence-corrected chi connectivity index (χ0v) is 4.09. The Hall–Kier alpha value is -0.380. The van der Waals surface area contributed by atoms with Crippen LogP contribution in [0.15, 0.2) is 12.2 Å². The molecule has 3 nitrogen and oxygen atoms in total. The van der Waals surface area contributed by atoms with Crippen molar-refractivity contribution in [2.75, 3.05) is 0 Å². The van der Waals surface area contributed by atoms with Gasteiger partial charge in [0.25, 0.3) is 0 Å². The summed E-state index contributed by atoms with van der Waals surface area (Å²) in [6.07, 6.45) is -1.24. The Labute approximate surface area is 41.8 Å². The summed E-state index contributed by atoms with van der Waals surface area (Å²) >= 11 is 0. The molecule has 0 aliphatic heterocycles. The van der Waals surface area contributed by atoms with E-state index in [1.165, 1.54) is 0 Å². The van der Waals surface area contributed by atoms with Crippen molar-refractivity contribution in [3.8, 4) is 0 Å². The van der Waals surface area contributed by atoms with Crippen molar-refractivity contribution >= 4 is 0 Å². The molecule has 0 saturated heterocycles. The molecule has 0 saturated carbocycles. The first-order valence-electron chi connectivity index (χ1n) is 1.82. The molecule has 0 aliphatic rings. The van der Waals surface area contributed by atoms with Crippen molar-refractivity contribution in [1.29, 1.82) is 0 Å². The van der Waals surface area contributed by atoms with Gasteiger partial charge in [-0.1, -0.05) is 6.58 Å². The Balaban J connectivity index is 3.34. The first-order valence-corrected chi connectivity index (χ1v) is 1.82. The van der Waals surface area contributed by atoms with Crippen LogP contribution in [-0.4, -0.2) is 16.7 Å². The molecular weight excluding hydrogens is 96.0 g/mol. The van der Waals surface area contributed by atoms with Crippen LogP contribution in [0.25, 0.3) is 0 Å². The number of aliphatic hydroxyl groups excluding tert-OH is 1. The molecule has 1 atom stereocenters. The molecule has 7 heavy (non-hydrogen) atoms. The van der Waals surface area contributed by atoms with Gasteiger partial charge in [-0.15, -0.1) is 0 Å². The van der Waals surface area contributed by atoms with Crippen LogP contribution in [0, 0.1) is 0 Å². The summed E-state index contributed by atoms with van der Waals surface area (Å²) in [5.41, 5.74) is 0.377. The maximum Gasteiger partial charge on any atom is 0.210 e. The molecule has 0 radical (unpaired) electrons. The molecule has 0 bridgehead atoms. The third kappa shape index (κ3) is 2.33. The SMILES string of the molecule is C=C(C)[C@H](O)OO. The van der Waals surface area contributed by atoms with E-state index in [4.69, 9.17) is 10.4 Å². The fourth-order valence-electron chi connectivity index (χ4n) is 0.0900. The predicted molar refractivity (Wildman–Crippen MR) is 24.5 cm³/mol. The van der Waals surface area contributed by atoms with E-state index >= 15 is 0 Å². The Morgan fingerprint density at radius 1 is 1.86 bits per heavy atom. The zero-order chi connectivity index (χ0) is 5.86. The van der Waals surface area contributed by atoms with Gasteiger partial charge < -0.3 is 5.11 Å². The summed E-state index contributed by atoms with van der Waals surface area (Å²) in [6, 6.07) is 0. The van der Waals surface area contributed by atoms with E-state index in [0.29, 0.717) is 5.57 Å². The summed E-state index contributed by atoms with van der Waals surface area (Å²) < 4.78 is 0. The van der Waals surface area contributed by atoms with Crippen LogP contribution in [0.2, 0.25) is 0 Å². The van der Waals surface area contributed by atoms with Crippen molar-refractivity contribution in [3.05, 3.63) is 12.2 Å². The molecular formula is C4H8O3. The largest absolute Gasteiger partial charge is 0.362 e. The van der Waals surface area contributed by atoms with E-state index in [0.717, 1.165) is 0 Å². The van der Waals surface area contributed by atoms with Gasteiger partial charge in [-0.25, -0.2) is 10.1 Å². The Kier molecular flexibility index (Phi) is 2.59. The highest BCUT2D eigenvalue weighted by Crippen LogP contribution is 1.94. The minimum absolute atomic E-state index is 0.377. The minimum Gasteiger partial charge on any atom is -0.362 e. The highest BCUT2D eigenvalue weighted by Gasteiger charge is 1.99. The second kappa shape index (κ2) is 2.74. The lowest BCUT2D eigenvalue weighted by Gasteiger charge is -2.01. The van der Waals surface area contributed by atoms with Crippen molar-refractivity contribution in [3.63, 3.8) is 0 Å². The van der Waals surface area contributed by atoms with Crippen LogP contribution < -0.4 is 0 Å². The van der Waals surface area contributed by atoms with Crippen LogP contribution in [0.1, 0.15) is 6.92 Å². The van der Waals surface area contributed by atoms with Crippen LogP contribution in [0.3, 0.4) is 0 Å². The molecule has 2 N–H and O–H groups in total. The summed E-state index contributed by atoms with van der Waals surface area (Å²) in [7, 11) is 0. The number of hydrogen-bond acceptors (Lipinski definition) is 3. The van der Waals surface area contributed by atoms with Gasteiger partial charge in [0, 0.05) is 0 Å². The van der Waals surface area contributed by atoms with Crippen molar-refractivity contribution in [1.82, 2.24) is 0 Å². The first-order chi connectivity index (χ1) is 3.18. The maximum absolute atomic E-state index is 8.36. The molecule has 0 heterocycles. The molecule has 0 unspecified atom stereocenters. The first kappa shape index (κ1) is 6.62. The fourth-order valence-corrected chi connectivity index (χ4v) is 0.0900. The molecule has 3 heteroatoms. The lowest BCUT2D eigenvalue weighted by molar-refractivity contribution is -0.320. The van der Waals surface area contributed by atoms with E-state index in [1.807, 2.05) is 0 Å². The van der Waals surface area contributed by atoms with Gasteiger partial charge in [-0.2, -0.15) is 0 Å². The second-order valence-electron chi connectivity index (χ2n) is 1.30. The number of aliphatic hydroxyl groups is 1. The molecule has 0 rings (SSSR count). The van der Waals surface area contributed by atoms with Gasteiger partial charge in [-0.3, -0.25) is 0 Å². The quantitative estimate of drug-likeness (QED) is 0.230. The van der Waals surface area contributed by atoms with Crippen molar-refractivity contribution in [2.24, 2.45) is 0 Å². The highest BCUT2D eigenvalue weighted by atomic mass is 17.1. The summed E-state index contributed by atoms with van der Waals surface area (Å²) in [5, 5.41) is 16.1. The molecule has 0 spiro atoms. The maximum atomic E-state index is 8.36. The van der Waals surface area contributed by atoms with Crippen LogP contribution in [0.4, 0.5) is 0 Å². The van der Waals surface area contributed by atoms with Crippen molar-refractivity contribution in [2.45, 2.75) is 13.2 Å². The third-order valence-electron chi connectivity index (χ3n) is 0.521. The Morgan fingerprint density at radius 2 is 2.29 bits per heavy atom. The van der Waals surface area contributed by atoms with Gasteiger partial charge in [0.1, 0.15) is 0 Å². The molecule has 0 aliphatic carbocycles. The zero-order valence-electron chi connectivity index (χ0n) is 4.09. The highest BCUT2D eigenvalue weighted by molar-refractivity contribution is 4.90. The topological polar surface area (TPSA) is 49.7 Å². The summed E-state index contributed by atoms with van der Waals surface area (Å²) in [4.78, 5) is 3.47. The number of hydrogen-bond donors (Lipinski definition) is 2. The molecule has 0 aromatic heterocycles. The lowest BCUT2D eigenvalue weighted by Crippen LogP contribution is -2.08. The third-order valence-corrected chi connectivity index (χ3v) is 0.521. The van der Waals surface area contributed by atoms with Crippen LogP contribution in [0.5, 0.6) is 0 Å². The lowest BCUT2D eigenvalue weighted by atomic mass is 10.3. The van der Waals surface area contributed by atoms with Gasteiger partial charge >= 0.3 is 0 Å². The fraction of sp³-hybridized carbons (Fsp3) is 0.500. The average Bonchev–Trinajstić information content (AvgIpc) is 1.65. The van der Waals surface area contributed by atoms with E-state index in [1.54, 1.807) is 6.92 Å². The summed E-state index contributed by atoms with van der Waals surface area (Å²) in [5.74, 6) is 0. The smallest absolute Gasteiger partial charge is 0.210 e. The normalized spacial score (nSPS) is 13.6. The van der Waals surface area contributed by atoms with E-state index in [-0.39, 0.29) is 0 Å². The standard InChI is InChI=1S/C4H8O3/c1-3(2)4(5)7-6/h4-6H,1H2,2H3/t4-/m1/s1. The summed E-state index contributed by atoms with van der Waals surface area (Å²) in [6.45, 7) is 4.83. The Bertz CT molecular complexity index is 69.3. The van der Waals surface area contributed by atoms with Crippen molar-refractivity contribution < 1.29 is 15.3 Å². The molecule has 0 aromatic carbocycles. The van der Waals surface area contributed by atoms with Gasteiger partial charge in [-0.05, 0) is 12.5 Å². The van der Waals surface area contributed by atoms with E-state index in [2.05, 4.69) is 11.5 Å². The van der Waals surface area contributed by atoms with Crippen LogP contribution in [-0.2, 0) is 4.89 Å². The minimum atomic E-state index is -1.24. The average molecular weight is 104 g/mol. The second-order valence-corrected chi connectivity index (χ2v) is 1.30. The predicted octanol–water partition coefficient (Wildman–Crippen LogP) is 0.370. The molecule has 0 aromatic rings. The van der Waals surface area contributed by atoms with Crippen LogP contribution >= 0.6 is 0 Å². The Morgan fingerprint density at radius 3 is 2.29 bits per heavy atom. The monoisotopic (exact) mass is 104 g/mol. The molecule has 0 fully saturated rings. The van der Waals surface area contributed by atoms with Gasteiger partial charge in [0.2, 0.25) is 6.29 Å².